The maximum atomic E-state index is 11.7. The third kappa shape index (κ3) is 1.81. The van der Waals surface area contributed by atoms with Gasteiger partial charge in [-0.2, -0.15) is 0 Å². The minimum Gasteiger partial charge on any atom is -0.358 e. The van der Waals surface area contributed by atoms with E-state index in [-0.39, 0.29) is 5.76 Å². The molecule has 0 unspecified atom stereocenters. The first-order valence-corrected chi connectivity index (χ1v) is 4.39. The minimum atomic E-state index is -0.717. The van der Waals surface area contributed by atoms with Crippen molar-refractivity contribution in [2.45, 2.75) is 0 Å². The molecule has 0 saturated carbocycles. The van der Waals surface area contributed by atoms with Gasteiger partial charge in [-0.05, 0) is 4.92 Å². The maximum absolute atomic E-state index is 11.7. The Bertz CT molecular complexity index is 533. The molecule has 0 aliphatic carbocycles. The van der Waals surface area contributed by atoms with Gasteiger partial charge in [-0.25, -0.2) is 0 Å². The molecule has 0 amide bonds. The molecule has 0 fully saturated rings. The lowest BCUT2D eigenvalue weighted by Gasteiger charge is -1.92. The molecule has 0 saturated heterocycles. The largest absolute Gasteiger partial charge is 0.414 e. The summed E-state index contributed by atoms with van der Waals surface area (Å²) in [5, 5.41) is 13.5. The van der Waals surface area contributed by atoms with Crippen molar-refractivity contribution in [1.29, 1.82) is 0 Å². The average molecular weight is 218 g/mol. The summed E-state index contributed by atoms with van der Waals surface area (Å²) in [5.41, 5.74) is 0.397. The molecule has 2 aromatic rings. The second-order valence-corrected chi connectivity index (χ2v) is 3.00. The van der Waals surface area contributed by atoms with Gasteiger partial charge < -0.3 is 10.1 Å². The van der Waals surface area contributed by atoms with Gasteiger partial charge in [0, 0.05) is 5.56 Å². The first-order chi connectivity index (χ1) is 7.68. The number of benzene rings is 1. The third-order valence-corrected chi connectivity index (χ3v) is 1.94. The van der Waals surface area contributed by atoms with E-state index in [1.165, 1.54) is 0 Å². The standard InChI is InChI=1S/C10H6N2O4/c13-10(7-4-2-1-3-5-7)8-6-9(11-16-8)12(14)15/h1-6H. The highest BCUT2D eigenvalue weighted by Crippen LogP contribution is 2.15. The lowest BCUT2D eigenvalue weighted by atomic mass is 10.1. The molecule has 0 spiro atoms. The van der Waals surface area contributed by atoms with E-state index >= 15 is 0 Å². The molecule has 6 nitrogen and oxygen atoms in total. The van der Waals surface area contributed by atoms with Crippen molar-refractivity contribution in [2.24, 2.45) is 0 Å². The average Bonchev–Trinajstić information content (AvgIpc) is 2.78. The predicted molar refractivity (Wildman–Crippen MR) is 53.0 cm³/mol. The van der Waals surface area contributed by atoms with Crippen molar-refractivity contribution < 1.29 is 14.2 Å². The summed E-state index contributed by atoms with van der Waals surface area (Å²) in [6.07, 6.45) is 0. The van der Waals surface area contributed by atoms with Crippen LogP contribution in [0.5, 0.6) is 0 Å². The summed E-state index contributed by atoms with van der Waals surface area (Å²) >= 11 is 0. The highest BCUT2D eigenvalue weighted by atomic mass is 16.6. The first kappa shape index (κ1) is 10.0. The van der Waals surface area contributed by atoms with Crippen LogP contribution >= 0.6 is 0 Å². The molecule has 16 heavy (non-hydrogen) atoms. The van der Waals surface area contributed by atoms with Gasteiger partial charge >= 0.3 is 5.82 Å². The maximum Gasteiger partial charge on any atom is 0.414 e. The van der Waals surface area contributed by atoms with Crippen molar-refractivity contribution in [3.05, 3.63) is 57.8 Å². The Morgan fingerprint density at radius 2 is 2.00 bits per heavy atom. The van der Waals surface area contributed by atoms with Crippen molar-refractivity contribution >= 4 is 11.6 Å². The van der Waals surface area contributed by atoms with Gasteiger partial charge in [0.2, 0.25) is 11.5 Å². The lowest BCUT2D eigenvalue weighted by Crippen LogP contribution is -1.98. The number of hydrogen-bond donors (Lipinski definition) is 0. The third-order valence-electron chi connectivity index (χ3n) is 1.94. The first-order valence-electron chi connectivity index (χ1n) is 4.39. The normalized spacial score (nSPS) is 10.0. The van der Waals surface area contributed by atoms with Crippen molar-refractivity contribution in [1.82, 2.24) is 5.16 Å². The van der Waals surface area contributed by atoms with Crippen LogP contribution in [0.4, 0.5) is 5.82 Å². The molecule has 6 heteroatoms. The molecule has 0 aliphatic heterocycles. The van der Waals surface area contributed by atoms with Crippen molar-refractivity contribution in [2.75, 3.05) is 0 Å². The van der Waals surface area contributed by atoms with E-state index in [1.54, 1.807) is 30.3 Å². The van der Waals surface area contributed by atoms with Crippen LogP contribution in [0.3, 0.4) is 0 Å². The molecule has 0 bridgehead atoms. The van der Waals surface area contributed by atoms with Crippen LogP contribution in [-0.4, -0.2) is 15.9 Å². The molecule has 2 rings (SSSR count). The molecular weight excluding hydrogens is 212 g/mol. The van der Waals surface area contributed by atoms with E-state index in [2.05, 4.69) is 9.68 Å². The molecule has 80 valence electrons. The Kier molecular flexibility index (Phi) is 2.47. The Morgan fingerprint density at radius 1 is 1.31 bits per heavy atom. The Balaban J connectivity index is 2.31. The fourth-order valence-electron chi connectivity index (χ4n) is 1.19. The van der Waals surface area contributed by atoms with E-state index in [0.717, 1.165) is 6.07 Å². The zero-order valence-corrected chi connectivity index (χ0v) is 7.99. The summed E-state index contributed by atoms with van der Waals surface area (Å²) in [5.74, 6) is -1.04. The number of hydrogen-bond acceptors (Lipinski definition) is 5. The van der Waals surface area contributed by atoms with Gasteiger partial charge in [0.15, 0.2) is 5.16 Å². The van der Waals surface area contributed by atoms with Crippen LogP contribution in [0.25, 0.3) is 0 Å². The fraction of sp³-hybridized carbons (Fsp3) is 0. The molecule has 1 aromatic carbocycles. The van der Waals surface area contributed by atoms with Crippen LogP contribution in [0.1, 0.15) is 16.1 Å². The highest BCUT2D eigenvalue weighted by Gasteiger charge is 2.21. The SMILES string of the molecule is O=C(c1ccccc1)c1cc([N+](=O)[O-])no1. The quantitative estimate of drug-likeness (QED) is 0.445. The van der Waals surface area contributed by atoms with Crippen molar-refractivity contribution in [3.8, 4) is 0 Å². The van der Waals surface area contributed by atoms with E-state index in [0.29, 0.717) is 5.56 Å². The number of nitro groups is 1. The summed E-state index contributed by atoms with van der Waals surface area (Å²) in [7, 11) is 0. The predicted octanol–water partition coefficient (Wildman–Crippen LogP) is 1.81. The summed E-state index contributed by atoms with van der Waals surface area (Å²) < 4.78 is 4.60. The topological polar surface area (TPSA) is 86.2 Å². The zero-order valence-electron chi connectivity index (χ0n) is 7.99. The second-order valence-electron chi connectivity index (χ2n) is 3.00. The van der Waals surface area contributed by atoms with Gasteiger partial charge in [0.25, 0.3) is 0 Å². The molecule has 0 N–H and O–H groups in total. The van der Waals surface area contributed by atoms with Gasteiger partial charge in [-0.1, -0.05) is 30.3 Å². The summed E-state index contributed by atoms with van der Waals surface area (Å²) in [6.45, 7) is 0. The van der Waals surface area contributed by atoms with Gasteiger partial charge in [-0.3, -0.25) is 9.32 Å². The molecular formula is C10H6N2O4. The number of aromatic nitrogens is 1. The number of carbonyl (C=O) groups is 1. The molecule has 0 aliphatic rings. The fourth-order valence-corrected chi connectivity index (χ4v) is 1.19. The van der Waals surface area contributed by atoms with E-state index in [4.69, 9.17) is 0 Å². The number of rotatable bonds is 3. The van der Waals surface area contributed by atoms with E-state index in [1.807, 2.05) is 0 Å². The summed E-state index contributed by atoms with van der Waals surface area (Å²) in [6, 6.07) is 9.35. The molecule has 0 atom stereocenters. The van der Waals surface area contributed by atoms with Gasteiger partial charge in [-0.15, -0.1) is 0 Å². The Morgan fingerprint density at radius 3 is 2.56 bits per heavy atom. The van der Waals surface area contributed by atoms with Crippen molar-refractivity contribution in [3.63, 3.8) is 0 Å². The van der Waals surface area contributed by atoms with E-state index < -0.39 is 16.5 Å². The Hall–Kier alpha value is -2.50. The molecule has 1 heterocycles. The number of carbonyl (C=O) groups excluding carboxylic acids is 1. The van der Waals surface area contributed by atoms with Crippen LogP contribution in [0, 0.1) is 10.1 Å². The monoisotopic (exact) mass is 218 g/mol. The van der Waals surface area contributed by atoms with Gasteiger partial charge in [0.1, 0.15) is 0 Å². The zero-order chi connectivity index (χ0) is 11.5. The van der Waals surface area contributed by atoms with E-state index in [9.17, 15) is 14.9 Å². The smallest absolute Gasteiger partial charge is 0.358 e. The highest BCUT2D eigenvalue weighted by molar-refractivity contribution is 6.07. The summed E-state index contributed by atoms with van der Waals surface area (Å²) in [4.78, 5) is 21.4. The lowest BCUT2D eigenvalue weighted by molar-refractivity contribution is -0.390. The van der Waals surface area contributed by atoms with Gasteiger partial charge in [0.05, 0.1) is 6.07 Å². The minimum absolute atomic E-state index is 0.141. The van der Waals surface area contributed by atoms with Crippen LogP contribution in [0.2, 0.25) is 0 Å². The Labute approximate surface area is 89.6 Å². The van der Waals surface area contributed by atoms with Crippen LogP contribution in [0.15, 0.2) is 40.9 Å². The van der Waals surface area contributed by atoms with Crippen LogP contribution in [-0.2, 0) is 0 Å². The number of ketones is 1. The molecule has 1 aromatic heterocycles. The number of nitrogens with zero attached hydrogens (tertiary/aromatic N) is 2. The second kappa shape index (κ2) is 3.93. The van der Waals surface area contributed by atoms with Crippen LogP contribution < -0.4 is 0 Å². The molecule has 0 radical (unpaired) electrons.